The quantitative estimate of drug-likeness (QED) is 0.247. The van der Waals surface area contributed by atoms with E-state index in [1.807, 2.05) is 16.8 Å². The van der Waals surface area contributed by atoms with Crippen molar-refractivity contribution in [3.05, 3.63) is 59.0 Å². The number of hydrogen-bond donors (Lipinski definition) is 3. The second-order valence-electron chi connectivity index (χ2n) is 9.50. The summed E-state index contributed by atoms with van der Waals surface area (Å²) < 4.78 is 44.9. The van der Waals surface area contributed by atoms with Crippen molar-refractivity contribution in [3.63, 3.8) is 0 Å². The van der Waals surface area contributed by atoms with Gasteiger partial charge in [-0.1, -0.05) is 18.2 Å². The van der Waals surface area contributed by atoms with Gasteiger partial charge in [-0.3, -0.25) is 0 Å². The second-order valence-corrected chi connectivity index (χ2v) is 10.4. The van der Waals surface area contributed by atoms with Crippen LogP contribution in [0.2, 0.25) is 0 Å². The minimum absolute atomic E-state index is 0.0772. The molecule has 2 aliphatic heterocycles. The van der Waals surface area contributed by atoms with Gasteiger partial charge in [0.05, 0.1) is 24.8 Å². The van der Waals surface area contributed by atoms with Gasteiger partial charge in [-0.05, 0) is 63.1 Å². The highest BCUT2D eigenvalue weighted by atomic mass is 32.2. The Bertz CT molecular complexity index is 1300. The van der Waals surface area contributed by atoms with Crippen LogP contribution in [0.1, 0.15) is 38.3 Å². The van der Waals surface area contributed by atoms with Gasteiger partial charge in [-0.25, -0.2) is 0 Å². The van der Waals surface area contributed by atoms with Crippen LogP contribution in [0.4, 0.5) is 18.9 Å². The smallest absolute Gasteiger partial charge is 0.401 e. The molecule has 3 N–H and O–H groups in total. The molecule has 0 saturated carbocycles. The van der Waals surface area contributed by atoms with E-state index in [0.717, 1.165) is 45.6 Å². The molecule has 0 aromatic heterocycles. The Balaban J connectivity index is 0.000000532. The summed E-state index contributed by atoms with van der Waals surface area (Å²) in [5.74, 6) is 2.58. The summed E-state index contributed by atoms with van der Waals surface area (Å²) in [6, 6.07) is 7.50. The maximum Gasteiger partial charge on any atom is 0.401 e. The summed E-state index contributed by atoms with van der Waals surface area (Å²) in [6.07, 6.45) is 3.36. The maximum atomic E-state index is 11.0. The number of thioether (sulfide) groups is 1. The number of alkyl halides is 3. The van der Waals surface area contributed by atoms with Crippen LogP contribution in [-0.4, -0.2) is 49.6 Å². The number of aldehydes is 1. The second kappa shape index (κ2) is 12.7. The number of halogens is 3. The molecule has 2 aliphatic rings. The molecule has 2 aromatic rings. The molecule has 10 heteroatoms. The third kappa shape index (κ3) is 7.39. The number of allylic oxidation sites excluding steroid dienone is 2. The van der Waals surface area contributed by atoms with Crippen LogP contribution < -0.4 is 20.1 Å². The average Bonchev–Trinajstić information content (AvgIpc) is 2.84. The molecule has 39 heavy (non-hydrogen) atoms. The summed E-state index contributed by atoms with van der Waals surface area (Å²) in [4.78, 5) is 10.5. The van der Waals surface area contributed by atoms with E-state index in [2.05, 4.69) is 50.4 Å². The van der Waals surface area contributed by atoms with Crippen molar-refractivity contribution in [1.29, 1.82) is 0 Å². The van der Waals surface area contributed by atoms with Crippen molar-refractivity contribution in [2.24, 2.45) is 0 Å². The van der Waals surface area contributed by atoms with Gasteiger partial charge in [0.25, 0.3) is 0 Å². The lowest BCUT2D eigenvalue weighted by molar-refractivity contribution is -0.123. The van der Waals surface area contributed by atoms with Gasteiger partial charge in [0, 0.05) is 34.6 Å². The Morgan fingerprint density at radius 2 is 1.92 bits per heavy atom. The van der Waals surface area contributed by atoms with E-state index < -0.39 is 12.7 Å². The molecule has 2 heterocycles. The van der Waals surface area contributed by atoms with Gasteiger partial charge >= 0.3 is 6.18 Å². The molecule has 0 amide bonds. The first-order valence-electron chi connectivity index (χ1n) is 12.3. The Morgan fingerprint density at radius 3 is 2.54 bits per heavy atom. The molecule has 4 rings (SSSR count). The number of carbonyl (C=O) groups is 1. The SMILES string of the molecule is CNCC(F)(F)F.COc1c(O)ccc2c1-c1ccc3c(c1/C(=C/CS/C=C\CC=O)O2)C(C)=CC(C)(C)N3. The number of hydrogen-bond acceptors (Lipinski definition) is 7. The molecule has 0 radical (unpaired) electrons. The van der Waals surface area contributed by atoms with E-state index in [9.17, 15) is 23.1 Å². The topological polar surface area (TPSA) is 79.8 Å². The first-order valence-corrected chi connectivity index (χ1v) is 13.3. The van der Waals surface area contributed by atoms with E-state index in [4.69, 9.17) is 9.47 Å². The fourth-order valence-corrected chi connectivity index (χ4v) is 5.16. The zero-order chi connectivity index (χ0) is 28.8. The number of benzene rings is 2. The molecule has 2 aromatic carbocycles. The standard InChI is InChI=1S/C26H27NO4S.C3H6F3N/c1-16-15-26(2,3)27-18-8-7-17-23(22(16)18)21(11-14-32-13-6-5-12-28)31-20-10-9-19(29)25(30-4)24(17)20;1-7-2-3(4,5)6/h6-13,15,27,29H,5,14H2,1-4H3;7H,2H2,1H3/b13-6-,21-11-;. The van der Waals surface area contributed by atoms with Crippen molar-refractivity contribution in [1.82, 2.24) is 5.32 Å². The molecule has 0 unspecified atom stereocenters. The Morgan fingerprint density at radius 1 is 1.18 bits per heavy atom. The number of phenols is 1. The van der Waals surface area contributed by atoms with Gasteiger partial charge in [-0.2, -0.15) is 13.2 Å². The van der Waals surface area contributed by atoms with Crippen molar-refractivity contribution in [2.75, 3.05) is 31.8 Å². The number of aromatic hydroxyl groups is 1. The van der Waals surface area contributed by atoms with Crippen LogP contribution in [0, 0.1) is 0 Å². The number of ether oxygens (including phenoxy) is 2. The summed E-state index contributed by atoms with van der Waals surface area (Å²) in [5, 5.41) is 17.9. The fourth-order valence-electron chi connectivity index (χ4n) is 4.55. The van der Waals surface area contributed by atoms with Crippen LogP contribution in [0.5, 0.6) is 17.2 Å². The van der Waals surface area contributed by atoms with Crippen molar-refractivity contribution in [3.8, 4) is 28.4 Å². The van der Waals surface area contributed by atoms with Crippen LogP contribution in [0.15, 0.2) is 47.9 Å². The highest BCUT2D eigenvalue weighted by Crippen LogP contribution is 2.53. The first kappa shape index (κ1) is 30.2. The minimum atomic E-state index is -4.06. The van der Waals surface area contributed by atoms with Crippen molar-refractivity contribution in [2.45, 2.75) is 38.9 Å². The van der Waals surface area contributed by atoms with Gasteiger partial charge in [0.1, 0.15) is 17.8 Å². The number of fused-ring (bicyclic) bond motifs is 5. The van der Waals surface area contributed by atoms with Crippen LogP contribution in [0.3, 0.4) is 0 Å². The normalized spacial score (nSPS) is 16.1. The van der Waals surface area contributed by atoms with E-state index in [1.165, 1.54) is 7.05 Å². The first-order chi connectivity index (χ1) is 18.4. The Hall–Kier alpha value is -3.37. The lowest BCUT2D eigenvalue weighted by Gasteiger charge is -2.35. The average molecular weight is 563 g/mol. The predicted octanol–water partition coefficient (Wildman–Crippen LogP) is 7.01. The summed E-state index contributed by atoms with van der Waals surface area (Å²) in [7, 11) is 2.81. The maximum absolute atomic E-state index is 11.0. The molecule has 0 aliphatic carbocycles. The van der Waals surface area contributed by atoms with Crippen LogP contribution >= 0.6 is 11.8 Å². The monoisotopic (exact) mass is 562 g/mol. The number of anilines is 1. The molecular weight excluding hydrogens is 529 g/mol. The van der Waals surface area contributed by atoms with Gasteiger partial charge in [0.15, 0.2) is 11.5 Å². The Labute approximate surface area is 231 Å². The third-order valence-corrected chi connectivity index (χ3v) is 6.58. The molecule has 0 bridgehead atoms. The summed E-state index contributed by atoms with van der Waals surface area (Å²) in [5.41, 5.74) is 5.83. The minimum Gasteiger partial charge on any atom is -0.504 e. The predicted molar refractivity (Wildman–Crippen MR) is 152 cm³/mol. The lowest BCUT2D eigenvalue weighted by Crippen LogP contribution is -2.32. The van der Waals surface area contributed by atoms with Crippen LogP contribution in [-0.2, 0) is 4.79 Å². The number of nitrogens with one attached hydrogen (secondary N) is 2. The number of methoxy groups -OCH3 is 1. The van der Waals surface area contributed by atoms with E-state index in [0.29, 0.717) is 23.7 Å². The van der Waals surface area contributed by atoms with Crippen LogP contribution in [0.25, 0.3) is 22.5 Å². The fraction of sp³-hybridized carbons (Fsp3) is 0.345. The van der Waals surface area contributed by atoms with Crippen molar-refractivity contribution >= 4 is 35.1 Å². The van der Waals surface area contributed by atoms with Gasteiger partial charge < -0.3 is 30.0 Å². The zero-order valence-electron chi connectivity index (χ0n) is 22.5. The molecule has 6 nitrogen and oxygen atoms in total. The lowest BCUT2D eigenvalue weighted by atomic mass is 9.83. The van der Waals surface area contributed by atoms with E-state index >= 15 is 0 Å². The molecule has 210 valence electrons. The molecular formula is C29H33F3N2O4S. The molecule has 0 atom stereocenters. The Kier molecular flexibility index (Phi) is 9.79. The van der Waals surface area contributed by atoms with E-state index in [1.54, 1.807) is 31.0 Å². The summed E-state index contributed by atoms with van der Waals surface area (Å²) in [6.45, 7) is 5.49. The van der Waals surface area contributed by atoms with Gasteiger partial charge in [0.2, 0.25) is 0 Å². The van der Waals surface area contributed by atoms with Crippen molar-refractivity contribution < 1.29 is 32.5 Å². The number of rotatable bonds is 7. The largest absolute Gasteiger partial charge is 0.504 e. The highest BCUT2D eigenvalue weighted by Gasteiger charge is 2.33. The molecule has 0 spiro atoms. The highest BCUT2D eigenvalue weighted by molar-refractivity contribution is 8.02. The molecule has 0 saturated heterocycles. The van der Waals surface area contributed by atoms with E-state index in [-0.39, 0.29) is 11.3 Å². The third-order valence-electron chi connectivity index (χ3n) is 5.84. The number of carbonyl (C=O) groups excluding carboxylic acids is 1. The summed E-state index contributed by atoms with van der Waals surface area (Å²) >= 11 is 1.60. The van der Waals surface area contributed by atoms with Gasteiger partial charge in [-0.15, -0.1) is 11.8 Å². The molecule has 0 fully saturated rings. The zero-order valence-corrected chi connectivity index (χ0v) is 23.3. The number of phenolic OH excluding ortho intramolecular Hbond substituents is 1.